The number of nitrogens with one attached hydrogen (secondary N) is 2. The van der Waals surface area contributed by atoms with Crippen molar-refractivity contribution in [2.24, 2.45) is 5.10 Å². The van der Waals surface area contributed by atoms with Gasteiger partial charge in [-0.3, -0.25) is 4.79 Å². The van der Waals surface area contributed by atoms with Crippen LogP contribution in [-0.2, 0) is 17.6 Å². The molecule has 0 fully saturated rings. The average molecular weight is 540 g/mol. The number of rotatable bonds is 10. The van der Waals surface area contributed by atoms with E-state index >= 15 is 0 Å². The molecule has 3 rings (SSSR count). The van der Waals surface area contributed by atoms with Crippen LogP contribution in [0.4, 0.5) is 18.9 Å². The van der Waals surface area contributed by atoms with E-state index in [-0.39, 0.29) is 18.8 Å². The fraction of sp³-hybridized carbons (Fsp3) is 0.200. The van der Waals surface area contributed by atoms with Gasteiger partial charge in [0.05, 0.1) is 24.9 Å². The standard InChI is InChI=1S/C25H22Cl2F3N3O3/c1-2-35-23-10-16(6-9-22(23)36-15-17-7-8-19(26)12-21(17)27)13-32-33-24(34)14-31-20-5-3-4-18(11-20)25(28,29)30/h3-13,31H,2,14-15H2,1H3,(H,33,34)/b32-13-. The lowest BCUT2D eigenvalue weighted by Crippen LogP contribution is -2.26. The highest BCUT2D eigenvalue weighted by Crippen LogP contribution is 2.31. The molecular formula is C25H22Cl2F3N3O3. The van der Waals surface area contributed by atoms with Crippen molar-refractivity contribution in [2.75, 3.05) is 18.5 Å². The first-order valence-electron chi connectivity index (χ1n) is 10.7. The number of ether oxygens (including phenoxy) is 2. The second-order valence-corrected chi connectivity index (χ2v) is 8.23. The molecule has 3 aromatic rings. The van der Waals surface area contributed by atoms with Crippen molar-refractivity contribution in [1.82, 2.24) is 5.43 Å². The number of anilines is 1. The summed E-state index contributed by atoms with van der Waals surface area (Å²) in [6, 6.07) is 14.8. The van der Waals surface area contributed by atoms with Crippen LogP contribution < -0.4 is 20.2 Å². The van der Waals surface area contributed by atoms with Gasteiger partial charge in [-0.2, -0.15) is 18.3 Å². The number of benzene rings is 3. The van der Waals surface area contributed by atoms with Crippen molar-refractivity contribution in [3.8, 4) is 11.5 Å². The molecular weight excluding hydrogens is 518 g/mol. The minimum Gasteiger partial charge on any atom is -0.490 e. The van der Waals surface area contributed by atoms with Crippen LogP contribution in [0.1, 0.15) is 23.6 Å². The molecule has 0 spiro atoms. The van der Waals surface area contributed by atoms with E-state index in [2.05, 4.69) is 15.8 Å². The Morgan fingerprint density at radius 1 is 1.03 bits per heavy atom. The van der Waals surface area contributed by atoms with E-state index in [0.717, 1.165) is 17.7 Å². The van der Waals surface area contributed by atoms with Gasteiger partial charge in [-0.25, -0.2) is 5.43 Å². The van der Waals surface area contributed by atoms with Crippen LogP contribution >= 0.6 is 23.2 Å². The molecule has 0 radical (unpaired) electrons. The molecule has 0 aliphatic carbocycles. The molecule has 0 unspecified atom stereocenters. The molecule has 36 heavy (non-hydrogen) atoms. The van der Waals surface area contributed by atoms with Crippen LogP contribution in [0, 0.1) is 0 Å². The van der Waals surface area contributed by atoms with E-state index in [1.165, 1.54) is 18.3 Å². The van der Waals surface area contributed by atoms with E-state index in [4.69, 9.17) is 32.7 Å². The van der Waals surface area contributed by atoms with E-state index in [1.54, 1.807) is 36.4 Å². The van der Waals surface area contributed by atoms with Gasteiger partial charge in [0, 0.05) is 21.3 Å². The number of halogens is 5. The Labute approximate surface area is 216 Å². The quantitative estimate of drug-likeness (QED) is 0.226. The van der Waals surface area contributed by atoms with Gasteiger partial charge in [0.15, 0.2) is 11.5 Å². The van der Waals surface area contributed by atoms with Crippen LogP contribution in [-0.4, -0.2) is 25.3 Å². The number of amides is 1. The summed E-state index contributed by atoms with van der Waals surface area (Å²) in [5.41, 5.74) is 3.07. The van der Waals surface area contributed by atoms with E-state index < -0.39 is 17.6 Å². The molecule has 3 aromatic carbocycles. The fourth-order valence-corrected chi connectivity index (χ4v) is 3.46. The summed E-state index contributed by atoms with van der Waals surface area (Å²) in [5, 5.41) is 7.54. The molecule has 1 amide bonds. The minimum atomic E-state index is -4.46. The second-order valence-electron chi connectivity index (χ2n) is 7.39. The second kappa shape index (κ2) is 12.5. The Morgan fingerprint density at radius 2 is 1.83 bits per heavy atom. The number of alkyl halides is 3. The van der Waals surface area contributed by atoms with Crippen LogP contribution in [0.3, 0.4) is 0 Å². The van der Waals surface area contributed by atoms with Gasteiger partial charge >= 0.3 is 6.18 Å². The summed E-state index contributed by atoms with van der Waals surface area (Å²) in [7, 11) is 0. The molecule has 6 nitrogen and oxygen atoms in total. The number of carbonyl (C=O) groups is 1. The normalized spacial score (nSPS) is 11.4. The highest BCUT2D eigenvalue weighted by molar-refractivity contribution is 6.35. The highest BCUT2D eigenvalue weighted by Gasteiger charge is 2.30. The van der Waals surface area contributed by atoms with E-state index in [9.17, 15) is 18.0 Å². The molecule has 0 aromatic heterocycles. The fourth-order valence-electron chi connectivity index (χ4n) is 2.99. The molecule has 190 valence electrons. The Hall–Kier alpha value is -3.43. The summed E-state index contributed by atoms with van der Waals surface area (Å²) >= 11 is 12.1. The Balaban J connectivity index is 1.56. The first kappa shape index (κ1) is 27.2. The Kier molecular flexibility index (Phi) is 9.44. The van der Waals surface area contributed by atoms with Crippen LogP contribution in [0.2, 0.25) is 10.0 Å². The summed E-state index contributed by atoms with van der Waals surface area (Å²) in [5.74, 6) is 0.437. The lowest BCUT2D eigenvalue weighted by Gasteiger charge is -2.13. The van der Waals surface area contributed by atoms with Gasteiger partial charge < -0.3 is 14.8 Å². The van der Waals surface area contributed by atoms with Crippen molar-refractivity contribution in [3.63, 3.8) is 0 Å². The monoisotopic (exact) mass is 539 g/mol. The predicted octanol–water partition coefficient (Wildman–Crippen LogP) is 6.55. The number of carbonyl (C=O) groups excluding carboxylic acids is 1. The Morgan fingerprint density at radius 3 is 2.56 bits per heavy atom. The SMILES string of the molecule is CCOc1cc(/C=N\NC(=O)CNc2cccc(C(F)(F)F)c2)ccc1OCc1ccc(Cl)cc1Cl. The molecule has 11 heteroatoms. The summed E-state index contributed by atoms with van der Waals surface area (Å²) in [6.07, 6.45) is -3.06. The first-order valence-corrected chi connectivity index (χ1v) is 11.5. The smallest absolute Gasteiger partial charge is 0.416 e. The molecule has 0 bridgehead atoms. The zero-order valence-corrected chi connectivity index (χ0v) is 20.5. The van der Waals surface area contributed by atoms with Gasteiger partial charge in [0.25, 0.3) is 5.91 Å². The maximum Gasteiger partial charge on any atom is 0.416 e. The molecule has 0 aliphatic heterocycles. The van der Waals surface area contributed by atoms with Crippen molar-refractivity contribution in [1.29, 1.82) is 0 Å². The molecule has 2 N–H and O–H groups in total. The van der Waals surface area contributed by atoms with Crippen LogP contribution in [0.25, 0.3) is 0 Å². The summed E-state index contributed by atoms with van der Waals surface area (Å²) in [6.45, 7) is 2.18. The molecule has 0 saturated heterocycles. The van der Waals surface area contributed by atoms with Crippen molar-refractivity contribution in [3.05, 3.63) is 87.4 Å². The summed E-state index contributed by atoms with van der Waals surface area (Å²) in [4.78, 5) is 12.0. The summed E-state index contributed by atoms with van der Waals surface area (Å²) < 4.78 is 49.9. The lowest BCUT2D eigenvalue weighted by molar-refractivity contribution is -0.137. The number of hydrogen-bond acceptors (Lipinski definition) is 5. The number of nitrogens with zero attached hydrogens (tertiary/aromatic N) is 1. The zero-order valence-electron chi connectivity index (χ0n) is 19.0. The maximum absolute atomic E-state index is 12.8. The van der Waals surface area contributed by atoms with E-state index in [0.29, 0.717) is 33.7 Å². The largest absolute Gasteiger partial charge is 0.490 e. The number of hydrogen-bond donors (Lipinski definition) is 2. The third kappa shape index (κ3) is 8.07. The average Bonchev–Trinajstić information content (AvgIpc) is 2.83. The van der Waals surface area contributed by atoms with E-state index in [1.807, 2.05) is 6.92 Å². The maximum atomic E-state index is 12.8. The van der Waals surface area contributed by atoms with Crippen molar-refractivity contribution < 1.29 is 27.4 Å². The van der Waals surface area contributed by atoms with Gasteiger partial charge in [0.1, 0.15) is 6.61 Å². The van der Waals surface area contributed by atoms with Crippen LogP contribution in [0.5, 0.6) is 11.5 Å². The molecule has 0 aliphatic rings. The van der Waals surface area contributed by atoms with Crippen LogP contribution in [0.15, 0.2) is 65.8 Å². The van der Waals surface area contributed by atoms with Gasteiger partial charge in [-0.05, 0) is 61.0 Å². The van der Waals surface area contributed by atoms with Gasteiger partial charge in [-0.15, -0.1) is 0 Å². The molecule has 0 heterocycles. The third-order valence-electron chi connectivity index (χ3n) is 4.71. The molecule has 0 atom stereocenters. The van der Waals surface area contributed by atoms with Crippen molar-refractivity contribution in [2.45, 2.75) is 19.7 Å². The van der Waals surface area contributed by atoms with Gasteiger partial charge in [0.2, 0.25) is 0 Å². The first-order chi connectivity index (χ1) is 17.2. The zero-order chi connectivity index (χ0) is 26.1. The highest BCUT2D eigenvalue weighted by atomic mass is 35.5. The third-order valence-corrected chi connectivity index (χ3v) is 5.30. The van der Waals surface area contributed by atoms with Crippen molar-refractivity contribution >= 4 is 41.0 Å². The lowest BCUT2D eigenvalue weighted by atomic mass is 10.2. The Bertz CT molecular complexity index is 1240. The minimum absolute atomic E-state index is 0.167. The topological polar surface area (TPSA) is 72.0 Å². The molecule has 0 saturated carbocycles. The number of hydrazone groups is 1. The predicted molar refractivity (Wildman–Crippen MR) is 134 cm³/mol. The van der Waals surface area contributed by atoms with Gasteiger partial charge in [-0.1, -0.05) is 35.3 Å².